The average molecular weight is 293 g/mol. The molecule has 0 aliphatic carbocycles. The molecule has 0 aromatic carbocycles. The first kappa shape index (κ1) is 15.5. The highest BCUT2D eigenvalue weighted by Gasteiger charge is 2.34. The summed E-state index contributed by atoms with van der Waals surface area (Å²) < 4.78 is 0. The summed E-state index contributed by atoms with van der Waals surface area (Å²) in [5.41, 5.74) is 0.438. The molecule has 7 heteroatoms. The van der Waals surface area contributed by atoms with Gasteiger partial charge in [-0.05, 0) is 32.6 Å². The summed E-state index contributed by atoms with van der Waals surface area (Å²) >= 11 is 0. The Morgan fingerprint density at radius 3 is 2.67 bits per heavy atom. The molecule has 1 N–H and O–H groups in total. The first-order valence-corrected chi connectivity index (χ1v) is 7.47. The maximum absolute atomic E-state index is 11.4. The molecule has 1 saturated heterocycles. The van der Waals surface area contributed by atoms with E-state index in [4.69, 9.17) is 0 Å². The molecular formula is C14H23N5O2. The number of nitro groups is 1. The number of anilines is 2. The third-order valence-electron chi connectivity index (χ3n) is 3.81. The summed E-state index contributed by atoms with van der Waals surface area (Å²) in [6.07, 6.45) is 1.98. The van der Waals surface area contributed by atoms with Gasteiger partial charge in [0, 0.05) is 19.1 Å². The molecule has 0 saturated carbocycles. The molecule has 7 nitrogen and oxygen atoms in total. The molecule has 0 radical (unpaired) electrons. The van der Waals surface area contributed by atoms with Crippen molar-refractivity contribution in [3.63, 3.8) is 0 Å². The van der Waals surface area contributed by atoms with Crippen molar-refractivity contribution >= 4 is 17.5 Å². The van der Waals surface area contributed by atoms with Gasteiger partial charge >= 0.3 is 5.69 Å². The van der Waals surface area contributed by atoms with Crippen molar-refractivity contribution < 1.29 is 4.92 Å². The lowest BCUT2D eigenvalue weighted by Crippen LogP contribution is -2.29. The lowest BCUT2D eigenvalue weighted by molar-refractivity contribution is -0.385. The van der Waals surface area contributed by atoms with Gasteiger partial charge in [-0.15, -0.1) is 0 Å². The maximum atomic E-state index is 11.4. The van der Waals surface area contributed by atoms with Gasteiger partial charge in [-0.1, -0.05) is 13.8 Å². The second-order valence-corrected chi connectivity index (χ2v) is 5.83. The monoisotopic (exact) mass is 293 g/mol. The number of aryl methyl sites for hydroxylation is 1. The van der Waals surface area contributed by atoms with Gasteiger partial charge in [0.2, 0.25) is 11.8 Å². The van der Waals surface area contributed by atoms with Crippen LogP contribution in [-0.2, 0) is 0 Å². The zero-order valence-electron chi connectivity index (χ0n) is 13.1. The molecule has 1 aromatic rings. The van der Waals surface area contributed by atoms with Crippen molar-refractivity contribution in [2.75, 3.05) is 23.3 Å². The van der Waals surface area contributed by atoms with E-state index in [1.54, 1.807) is 6.92 Å². The molecule has 0 bridgehead atoms. The normalized spacial score (nSPS) is 21.6. The Kier molecular flexibility index (Phi) is 4.59. The minimum atomic E-state index is -0.371. The SMILES string of the molecule is CCCNc1nc(C)c([N+](=O)[O-])c(N2CC(C)CC2C)n1. The van der Waals surface area contributed by atoms with E-state index < -0.39 is 0 Å². The summed E-state index contributed by atoms with van der Waals surface area (Å²) in [5, 5.41) is 14.5. The summed E-state index contributed by atoms with van der Waals surface area (Å²) in [5.74, 6) is 1.44. The fourth-order valence-electron chi connectivity index (χ4n) is 2.88. The van der Waals surface area contributed by atoms with Crippen molar-refractivity contribution in [3.05, 3.63) is 15.8 Å². The molecule has 0 amide bonds. The van der Waals surface area contributed by atoms with Crippen molar-refractivity contribution in [3.8, 4) is 0 Å². The lowest BCUT2D eigenvalue weighted by Gasteiger charge is -2.23. The van der Waals surface area contributed by atoms with Gasteiger partial charge in [0.15, 0.2) is 0 Å². The van der Waals surface area contributed by atoms with Crippen LogP contribution in [0.1, 0.15) is 39.3 Å². The molecule has 2 rings (SSSR count). The van der Waals surface area contributed by atoms with Crippen LogP contribution < -0.4 is 10.2 Å². The molecule has 1 fully saturated rings. The molecule has 1 aliphatic heterocycles. The summed E-state index contributed by atoms with van der Waals surface area (Å²) in [6.45, 7) is 9.52. The predicted molar refractivity (Wildman–Crippen MR) is 82.8 cm³/mol. The fourth-order valence-corrected chi connectivity index (χ4v) is 2.88. The Morgan fingerprint density at radius 1 is 1.43 bits per heavy atom. The highest BCUT2D eigenvalue weighted by Crippen LogP contribution is 2.35. The summed E-state index contributed by atoms with van der Waals surface area (Å²) in [6, 6.07) is 0.257. The van der Waals surface area contributed by atoms with E-state index >= 15 is 0 Å². The van der Waals surface area contributed by atoms with E-state index in [1.165, 1.54) is 0 Å². The maximum Gasteiger partial charge on any atom is 0.332 e. The van der Waals surface area contributed by atoms with E-state index in [-0.39, 0.29) is 16.7 Å². The molecule has 1 aromatic heterocycles. The average Bonchev–Trinajstić information content (AvgIpc) is 2.74. The minimum Gasteiger partial charge on any atom is -0.354 e. The van der Waals surface area contributed by atoms with Crippen LogP contribution in [-0.4, -0.2) is 34.0 Å². The largest absolute Gasteiger partial charge is 0.354 e. The van der Waals surface area contributed by atoms with Crippen LogP contribution in [0, 0.1) is 23.0 Å². The first-order valence-electron chi connectivity index (χ1n) is 7.47. The Balaban J connectivity index is 2.44. The van der Waals surface area contributed by atoms with Crippen LogP contribution in [0.25, 0.3) is 0 Å². The Hall–Kier alpha value is -1.92. The first-order chi connectivity index (χ1) is 9.93. The van der Waals surface area contributed by atoms with Crippen LogP contribution in [0.4, 0.5) is 17.5 Å². The Morgan fingerprint density at radius 2 is 2.14 bits per heavy atom. The number of aromatic nitrogens is 2. The number of hydrogen-bond acceptors (Lipinski definition) is 6. The van der Waals surface area contributed by atoms with E-state index in [9.17, 15) is 10.1 Å². The fraction of sp³-hybridized carbons (Fsp3) is 0.714. The Bertz CT molecular complexity index is 534. The van der Waals surface area contributed by atoms with Crippen molar-refractivity contribution in [1.29, 1.82) is 0 Å². The third-order valence-corrected chi connectivity index (χ3v) is 3.81. The van der Waals surface area contributed by atoms with E-state index in [1.807, 2.05) is 4.90 Å². The van der Waals surface area contributed by atoms with Gasteiger partial charge in [0.1, 0.15) is 5.69 Å². The number of rotatable bonds is 5. The van der Waals surface area contributed by atoms with Gasteiger partial charge < -0.3 is 10.2 Å². The smallest absolute Gasteiger partial charge is 0.332 e. The van der Waals surface area contributed by atoms with Gasteiger partial charge in [-0.2, -0.15) is 4.98 Å². The van der Waals surface area contributed by atoms with Crippen molar-refractivity contribution in [1.82, 2.24) is 9.97 Å². The molecule has 2 unspecified atom stereocenters. The molecule has 21 heavy (non-hydrogen) atoms. The summed E-state index contributed by atoms with van der Waals surface area (Å²) in [4.78, 5) is 21.7. The van der Waals surface area contributed by atoms with E-state index in [0.717, 1.165) is 25.9 Å². The van der Waals surface area contributed by atoms with E-state index in [2.05, 4.69) is 36.1 Å². The number of nitrogens with zero attached hydrogens (tertiary/aromatic N) is 4. The summed E-state index contributed by atoms with van der Waals surface area (Å²) in [7, 11) is 0. The van der Waals surface area contributed by atoms with Crippen LogP contribution in [0.2, 0.25) is 0 Å². The molecule has 2 atom stereocenters. The van der Waals surface area contributed by atoms with Crippen LogP contribution in [0.3, 0.4) is 0 Å². The minimum absolute atomic E-state index is 0.0259. The quantitative estimate of drug-likeness (QED) is 0.663. The highest BCUT2D eigenvalue weighted by molar-refractivity contribution is 5.63. The molecule has 1 aliphatic rings. The van der Waals surface area contributed by atoms with Crippen molar-refractivity contribution in [2.24, 2.45) is 5.92 Å². The molecule has 116 valence electrons. The number of nitrogens with one attached hydrogen (secondary N) is 1. The lowest BCUT2D eigenvalue weighted by atomic mass is 10.1. The highest BCUT2D eigenvalue weighted by atomic mass is 16.6. The van der Waals surface area contributed by atoms with Gasteiger partial charge in [-0.25, -0.2) is 4.98 Å². The third kappa shape index (κ3) is 3.22. The van der Waals surface area contributed by atoms with Crippen LogP contribution >= 0.6 is 0 Å². The second-order valence-electron chi connectivity index (χ2n) is 5.83. The van der Waals surface area contributed by atoms with Crippen molar-refractivity contribution in [2.45, 2.75) is 46.6 Å². The van der Waals surface area contributed by atoms with Gasteiger partial charge in [0.25, 0.3) is 0 Å². The zero-order valence-corrected chi connectivity index (χ0v) is 13.1. The van der Waals surface area contributed by atoms with Crippen LogP contribution in [0.15, 0.2) is 0 Å². The van der Waals surface area contributed by atoms with E-state index in [0.29, 0.717) is 23.4 Å². The zero-order chi connectivity index (χ0) is 15.6. The number of hydrogen-bond donors (Lipinski definition) is 1. The molecular weight excluding hydrogens is 270 g/mol. The standard InChI is InChI=1S/C14H23N5O2/c1-5-6-15-14-16-11(4)12(19(20)21)13(17-14)18-8-9(2)7-10(18)3/h9-10H,5-8H2,1-4H3,(H,15,16,17). The van der Waals surface area contributed by atoms with Gasteiger partial charge in [-0.3, -0.25) is 10.1 Å². The molecule has 2 heterocycles. The second kappa shape index (κ2) is 6.24. The predicted octanol–water partition coefficient (Wildman–Crippen LogP) is 2.75. The molecule has 0 spiro atoms. The van der Waals surface area contributed by atoms with Crippen LogP contribution in [0.5, 0.6) is 0 Å². The Labute approximate surface area is 124 Å². The topological polar surface area (TPSA) is 84.2 Å². The van der Waals surface area contributed by atoms with Gasteiger partial charge in [0.05, 0.1) is 4.92 Å².